The van der Waals surface area contributed by atoms with Gasteiger partial charge >= 0.3 is 0 Å². The zero-order valence-electron chi connectivity index (χ0n) is 19.8. The molecule has 5 rings (SSSR count). The normalized spacial score (nSPS) is 18.5. The second-order valence-corrected chi connectivity index (χ2v) is 9.67. The molecule has 8 heteroatoms. The van der Waals surface area contributed by atoms with Crippen molar-refractivity contribution in [3.05, 3.63) is 88.4 Å². The van der Waals surface area contributed by atoms with Crippen LogP contribution in [0, 0.1) is 0 Å². The van der Waals surface area contributed by atoms with Gasteiger partial charge in [-0.25, -0.2) is 0 Å². The van der Waals surface area contributed by atoms with Gasteiger partial charge in [-0.3, -0.25) is 9.59 Å². The fourth-order valence-corrected chi connectivity index (χ4v) is 4.94. The van der Waals surface area contributed by atoms with Crippen molar-refractivity contribution in [3.8, 4) is 11.5 Å². The van der Waals surface area contributed by atoms with Crippen molar-refractivity contribution < 1.29 is 19.1 Å². The summed E-state index contributed by atoms with van der Waals surface area (Å²) in [6.07, 6.45) is 3.46. The highest BCUT2D eigenvalue weighted by molar-refractivity contribution is 6.31. The van der Waals surface area contributed by atoms with E-state index in [1.807, 2.05) is 29.2 Å². The Bertz CT molecular complexity index is 1270. The molecule has 0 bridgehead atoms. The molecule has 2 aliphatic rings. The van der Waals surface area contributed by atoms with Gasteiger partial charge in [0.1, 0.15) is 0 Å². The van der Waals surface area contributed by atoms with Gasteiger partial charge in [-0.1, -0.05) is 29.8 Å². The predicted octanol–water partition coefficient (Wildman–Crippen LogP) is 5.23. The minimum atomic E-state index is -0.246. The summed E-state index contributed by atoms with van der Waals surface area (Å²) in [6.45, 7) is 0.568. The molecule has 2 amide bonds. The van der Waals surface area contributed by atoms with Gasteiger partial charge < -0.3 is 25.4 Å². The van der Waals surface area contributed by atoms with Crippen LogP contribution in [0.1, 0.15) is 52.0 Å². The van der Waals surface area contributed by atoms with Gasteiger partial charge in [0.25, 0.3) is 11.8 Å². The number of carbonyl (C=O) groups excluding carboxylic acids is 2. The van der Waals surface area contributed by atoms with Crippen LogP contribution in [0.4, 0.5) is 5.69 Å². The molecule has 0 spiro atoms. The van der Waals surface area contributed by atoms with Crippen molar-refractivity contribution in [2.75, 3.05) is 12.1 Å². The summed E-state index contributed by atoms with van der Waals surface area (Å²) in [6, 6.07) is 19.9. The number of nitrogens with one attached hydrogen (secondary N) is 1. The van der Waals surface area contributed by atoms with Crippen LogP contribution in [0.5, 0.6) is 11.5 Å². The number of hydrogen-bond acceptors (Lipinski definition) is 5. The van der Waals surface area contributed by atoms with E-state index in [2.05, 4.69) is 5.32 Å². The number of rotatable bonds is 6. The molecule has 1 saturated carbocycles. The van der Waals surface area contributed by atoms with Crippen LogP contribution in [0.3, 0.4) is 0 Å². The third-order valence-electron chi connectivity index (χ3n) is 6.69. The van der Waals surface area contributed by atoms with Crippen LogP contribution < -0.4 is 20.5 Å². The highest BCUT2D eigenvalue weighted by atomic mass is 35.5. The molecule has 0 saturated heterocycles. The van der Waals surface area contributed by atoms with Gasteiger partial charge in [-0.05, 0) is 79.8 Å². The van der Waals surface area contributed by atoms with E-state index in [0.717, 1.165) is 31.2 Å². The summed E-state index contributed by atoms with van der Waals surface area (Å²) in [7, 11) is 0. The van der Waals surface area contributed by atoms with E-state index in [0.29, 0.717) is 39.9 Å². The third kappa shape index (κ3) is 5.48. The van der Waals surface area contributed by atoms with Crippen LogP contribution in [0.15, 0.2) is 66.7 Å². The average molecular weight is 506 g/mol. The van der Waals surface area contributed by atoms with Crippen molar-refractivity contribution in [2.24, 2.45) is 5.73 Å². The molecule has 7 nitrogen and oxygen atoms in total. The molecule has 0 aromatic heterocycles. The van der Waals surface area contributed by atoms with E-state index in [4.69, 9.17) is 26.8 Å². The smallest absolute Gasteiger partial charge is 0.255 e. The summed E-state index contributed by atoms with van der Waals surface area (Å²) >= 11 is 6.03. The lowest BCUT2D eigenvalue weighted by atomic mass is 9.90. The van der Waals surface area contributed by atoms with Crippen LogP contribution in [0.25, 0.3) is 0 Å². The molecule has 186 valence electrons. The van der Waals surface area contributed by atoms with E-state index in [-0.39, 0.29) is 30.7 Å². The van der Waals surface area contributed by atoms with Crippen molar-refractivity contribution in [1.82, 2.24) is 4.90 Å². The first kappa shape index (κ1) is 24.2. The molecule has 1 heterocycles. The Hall–Kier alpha value is -3.55. The van der Waals surface area contributed by atoms with Gasteiger partial charge in [-0.2, -0.15) is 0 Å². The molecular formula is C28H28ClN3O4. The molecule has 1 aliphatic carbocycles. The summed E-state index contributed by atoms with van der Waals surface area (Å²) in [5.41, 5.74) is 8.74. The van der Waals surface area contributed by atoms with Crippen molar-refractivity contribution in [2.45, 2.75) is 44.3 Å². The molecule has 0 atom stereocenters. The number of fused-ring (bicyclic) bond motifs is 1. The maximum absolute atomic E-state index is 13.7. The van der Waals surface area contributed by atoms with Gasteiger partial charge in [-0.15, -0.1) is 0 Å². The molecule has 3 aromatic rings. The van der Waals surface area contributed by atoms with E-state index in [1.54, 1.807) is 42.5 Å². The van der Waals surface area contributed by atoms with Crippen molar-refractivity contribution in [3.63, 3.8) is 0 Å². The Labute approximate surface area is 215 Å². The Balaban J connectivity index is 1.37. The lowest BCUT2D eigenvalue weighted by Crippen LogP contribution is -2.43. The monoisotopic (exact) mass is 505 g/mol. The van der Waals surface area contributed by atoms with Gasteiger partial charge in [0.15, 0.2) is 11.5 Å². The van der Waals surface area contributed by atoms with Crippen LogP contribution >= 0.6 is 11.6 Å². The molecule has 3 aromatic carbocycles. The highest BCUT2D eigenvalue weighted by Gasteiger charge is 2.29. The maximum Gasteiger partial charge on any atom is 0.255 e. The molecular weight excluding hydrogens is 478 g/mol. The minimum Gasteiger partial charge on any atom is -0.454 e. The Morgan fingerprint density at radius 2 is 1.69 bits per heavy atom. The molecule has 1 fully saturated rings. The lowest BCUT2D eigenvalue weighted by Gasteiger charge is -2.36. The van der Waals surface area contributed by atoms with Crippen LogP contribution in [-0.4, -0.2) is 35.6 Å². The average Bonchev–Trinajstić information content (AvgIpc) is 3.36. The quantitative estimate of drug-likeness (QED) is 0.478. The summed E-state index contributed by atoms with van der Waals surface area (Å²) in [5.74, 6) is 0.911. The van der Waals surface area contributed by atoms with E-state index < -0.39 is 0 Å². The zero-order chi connectivity index (χ0) is 25.1. The number of amides is 2. The van der Waals surface area contributed by atoms with Crippen molar-refractivity contribution >= 4 is 29.1 Å². The topological polar surface area (TPSA) is 93.9 Å². The first-order chi connectivity index (χ1) is 17.5. The van der Waals surface area contributed by atoms with Crippen molar-refractivity contribution in [1.29, 1.82) is 0 Å². The van der Waals surface area contributed by atoms with Crippen LogP contribution in [-0.2, 0) is 6.54 Å². The fourth-order valence-electron chi connectivity index (χ4n) is 4.75. The lowest BCUT2D eigenvalue weighted by molar-refractivity contribution is 0.0606. The first-order valence-electron chi connectivity index (χ1n) is 12.1. The number of benzene rings is 3. The van der Waals surface area contributed by atoms with E-state index in [1.165, 1.54) is 0 Å². The number of nitrogens with zero attached hydrogens (tertiary/aromatic N) is 1. The summed E-state index contributed by atoms with van der Waals surface area (Å²) in [5, 5.41) is 3.43. The Kier molecular flexibility index (Phi) is 7.11. The first-order valence-corrected chi connectivity index (χ1v) is 12.5. The number of hydrogen-bond donors (Lipinski definition) is 2. The zero-order valence-corrected chi connectivity index (χ0v) is 20.5. The minimum absolute atomic E-state index is 0.0675. The van der Waals surface area contributed by atoms with Gasteiger partial charge in [0, 0.05) is 40.5 Å². The predicted molar refractivity (Wildman–Crippen MR) is 139 cm³/mol. The largest absolute Gasteiger partial charge is 0.454 e. The van der Waals surface area contributed by atoms with Crippen LogP contribution in [0.2, 0.25) is 5.02 Å². The fraction of sp³-hybridized carbons (Fsp3) is 0.286. The number of halogens is 1. The Morgan fingerprint density at radius 1 is 0.917 bits per heavy atom. The molecule has 1 aliphatic heterocycles. The van der Waals surface area contributed by atoms with Gasteiger partial charge in [0.2, 0.25) is 6.79 Å². The molecule has 0 radical (unpaired) electrons. The number of ether oxygens (including phenoxy) is 2. The molecule has 0 unspecified atom stereocenters. The van der Waals surface area contributed by atoms with Gasteiger partial charge in [0.05, 0.1) is 0 Å². The summed E-state index contributed by atoms with van der Waals surface area (Å²) < 4.78 is 10.9. The summed E-state index contributed by atoms with van der Waals surface area (Å²) in [4.78, 5) is 28.3. The third-order valence-corrected chi connectivity index (χ3v) is 6.92. The molecule has 36 heavy (non-hydrogen) atoms. The number of anilines is 1. The standard InChI is InChI=1S/C28H28ClN3O4/c29-21-5-2-4-19(14-21)27(33)31-23-6-1-3-18(13-23)16-32(24-10-8-22(30)9-11-24)28(34)20-7-12-25-26(15-20)36-17-35-25/h1-7,12-15,22,24H,8-11,16-17,30H2,(H,31,33). The SMILES string of the molecule is NC1CCC(N(Cc2cccc(NC(=O)c3cccc(Cl)c3)c2)C(=O)c2ccc3c(c2)OCO3)CC1. The van der Waals surface area contributed by atoms with E-state index in [9.17, 15) is 9.59 Å². The maximum atomic E-state index is 13.7. The second-order valence-electron chi connectivity index (χ2n) is 9.23. The number of carbonyl (C=O) groups is 2. The van der Waals surface area contributed by atoms with E-state index >= 15 is 0 Å². The second kappa shape index (κ2) is 10.6. The number of nitrogens with two attached hydrogens (primary N) is 1. The highest BCUT2D eigenvalue weighted by Crippen LogP contribution is 2.34. The Morgan fingerprint density at radius 3 is 2.50 bits per heavy atom. The molecule has 3 N–H and O–H groups in total.